The van der Waals surface area contributed by atoms with Crippen molar-refractivity contribution in [3.63, 3.8) is 0 Å². The van der Waals surface area contributed by atoms with Crippen LogP contribution in [0, 0.1) is 0 Å². The van der Waals surface area contributed by atoms with Gasteiger partial charge in [0.2, 0.25) is 0 Å². The quantitative estimate of drug-likeness (QED) is 0.846. The number of anilines is 1. The molecule has 1 aromatic rings. The molecule has 1 saturated carbocycles. The number of hydrogen-bond acceptors (Lipinski definition) is 3. The summed E-state index contributed by atoms with van der Waals surface area (Å²) in [6.07, 6.45) is 9.90. The monoisotopic (exact) mass is 259 g/mol. The van der Waals surface area contributed by atoms with Crippen molar-refractivity contribution in [2.45, 2.75) is 57.5 Å². The number of nitrogens with zero attached hydrogens (tertiary/aromatic N) is 2. The highest BCUT2D eigenvalue weighted by atomic mass is 15.2. The second kappa shape index (κ2) is 5.91. The highest BCUT2D eigenvalue weighted by Gasteiger charge is 2.26. The van der Waals surface area contributed by atoms with Crippen LogP contribution >= 0.6 is 0 Å². The van der Waals surface area contributed by atoms with Crippen molar-refractivity contribution in [1.82, 2.24) is 9.88 Å². The lowest BCUT2D eigenvalue weighted by Gasteiger charge is -2.24. The molecule has 3 rings (SSSR count). The van der Waals surface area contributed by atoms with Crippen LogP contribution in [0.15, 0.2) is 18.3 Å². The van der Waals surface area contributed by atoms with E-state index < -0.39 is 0 Å². The number of hydrogen-bond donors (Lipinski definition) is 1. The van der Waals surface area contributed by atoms with Crippen molar-refractivity contribution in [3.8, 4) is 0 Å². The third-order valence-electron chi connectivity index (χ3n) is 4.26. The summed E-state index contributed by atoms with van der Waals surface area (Å²) < 4.78 is 0. The Morgan fingerprint density at radius 1 is 1.32 bits per heavy atom. The second-order valence-electron chi connectivity index (χ2n) is 5.94. The van der Waals surface area contributed by atoms with Gasteiger partial charge in [-0.3, -0.25) is 4.90 Å². The van der Waals surface area contributed by atoms with Crippen molar-refractivity contribution in [1.29, 1.82) is 0 Å². The normalized spacial score (nSPS) is 23.7. The molecule has 1 saturated heterocycles. The first-order valence-electron chi connectivity index (χ1n) is 7.83. The van der Waals surface area contributed by atoms with E-state index in [4.69, 9.17) is 0 Å². The van der Waals surface area contributed by atoms with E-state index in [2.05, 4.69) is 40.5 Å². The van der Waals surface area contributed by atoms with Crippen molar-refractivity contribution in [2.24, 2.45) is 0 Å². The number of pyridine rings is 1. The molecule has 0 spiro atoms. The predicted octanol–water partition coefficient (Wildman–Crippen LogP) is 3.59. The first kappa shape index (κ1) is 12.9. The molecule has 0 amide bonds. The summed E-state index contributed by atoms with van der Waals surface area (Å²) in [5.74, 6) is 1.05. The minimum Gasteiger partial charge on any atom is -0.367 e. The van der Waals surface area contributed by atoms with Crippen LogP contribution in [-0.4, -0.2) is 29.0 Å². The summed E-state index contributed by atoms with van der Waals surface area (Å²) in [6, 6.07) is 5.72. The topological polar surface area (TPSA) is 28.2 Å². The second-order valence-corrected chi connectivity index (χ2v) is 5.94. The van der Waals surface area contributed by atoms with Crippen LogP contribution in [0.4, 0.5) is 5.82 Å². The third-order valence-corrected chi connectivity index (χ3v) is 4.26. The Bertz CT molecular complexity index is 397. The van der Waals surface area contributed by atoms with Gasteiger partial charge in [-0.2, -0.15) is 0 Å². The van der Waals surface area contributed by atoms with Gasteiger partial charge in [0, 0.05) is 18.3 Å². The SMILES string of the molecule is CCCCN1CCC[C@@H]1c1ccc(NC2CC2)nc1. The average molecular weight is 259 g/mol. The van der Waals surface area contributed by atoms with Gasteiger partial charge in [-0.1, -0.05) is 19.4 Å². The summed E-state index contributed by atoms with van der Waals surface area (Å²) in [6.45, 7) is 4.76. The minimum absolute atomic E-state index is 0.606. The number of nitrogens with one attached hydrogen (secondary N) is 1. The molecule has 2 aliphatic rings. The van der Waals surface area contributed by atoms with E-state index in [-0.39, 0.29) is 0 Å². The van der Waals surface area contributed by atoms with E-state index in [1.807, 2.05) is 0 Å². The van der Waals surface area contributed by atoms with Gasteiger partial charge in [0.05, 0.1) is 0 Å². The zero-order chi connectivity index (χ0) is 13.1. The van der Waals surface area contributed by atoms with E-state index in [9.17, 15) is 0 Å². The molecule has 1 N–H and O–H groups in total. The number of unbranched alkanes of at least 4 members (excludes halogenated alkanes) is 1. The molecule has 104 valence electrons. The van der Waals surface area contributed by atoms with Gasteiger partial charge >= 0.3 is 0 Å². The van der Waals surface area contributed by atoms with Gasteiger partial charge in [-0.15, -0.1) is 0 Å². The molecule has 0 bridgehead atoms. The van der Waals surface area contributed by atoms with Gasteiger partial charge in [-0.25, -0.2) is 4.98 Å². The molecular formula is C16H25N3. The van der Waals surface area contributed by atoms with Crippen LogP contribution in [0.1, 0.15) is 57.1 Å². The average Bonchev–Trinajstić information content (AvgIpc) is 3.13. The summed E-state index contributed by atoms with van der Waals surface area (Å²) in [5, 5.41) is 3.45. The van der Waals surface area contributed by atoms with Gasteiger partial charge in [0.1, 0.15) is 5.82 Å². The maximum Gasteiger partial charge on any atom is 0.126 e. The molecule has 0 radical (unpaired) electrons. The molecule has 19 heavy (non-hydrogen) atoms. The molecule has 1 aromatic heterocycles. The number of likely N-dealkylation sites (tertiary alicyclic amines) is 1. The van der Waals surface area contributed by atoms with E-state index in [1.165, 1.54) is 57.2 Å². The number of aromatic nitrogens is 1. The Hall–Kier alpha value is -1.09. The maximum absolute atomic E-state index is 4.58. The molecule has 0 aromatic carbocycles. The van der Waals surface area contributed by atoms with E-state index >= 15 is 0 Å². The lowest BCUT2D eigenvalue weighted by atomic mass is 10.1. The molecule has 1 aliphatic heterocycles. The fraction of sp³-hybridized carbons (Fsp3) is 0.688. The predicted molar refractivity (Wildman–Crippen MR) is 79.3 cm³/mol. The Labute approximate surface area is 116 Å². The van der Waals surface area contributed by atoms with Gasteiger partial charge in [0.25, 0.3) is 0 Å². The summed E-state index contributed by atoms with van der Waals surface area (Å²) in [5.41, 5.74) is 1.40. The Morgan fingerprint density at radius 2 is 2.21 bits per heavy atom. The third kappa shape index (κ3) is 3.27. The smallest absolute Gasteiger partial charge is 0.126 e. The fourth-order valence-electron chi connectivity index (χ4n) is 2.96. The number of rotatable bonds is 6. The highest BCUT2D eigenvalue weighted by Crippen LogP contribution is 2.32. The van der Waals surface area contributed by atoms with Crippen LogP contribution in [0.25, 0.3) is 0 Å². The van der Waals surface area contributed by atoms with Crippen molar-refractivity contribution in [3.05, 3.63) is 23.9 Å². The molecule has 1 atom stereocenters. The first-order valence-corrected chi connectivity index (χ1v) is 7.83. The lowest BCUT2D eigenvalue weighted by molar-refractivity contribution is 0.253. The van der Waals surface area contributed by atoms with Gasteiger partial charge in [-0.05, 0) is 56.8 Å². The van der Waals surface area contributed by atoms with Gasteiger partial charge < -0.3 is 5.32 Å². The Morgan fingerprint density at radius 3 is 2.89 bits per heavy atom. The van der Waals surface area contributed by atoms with E-state index in [0.29, 0.717) is 12.1 Å². The Balaban J connectivity index is 1.63. The van der Waals surface area contributed by atoms with Crippen LogP contribution in [0.2, 0.25) is 0 Å². The summed E-state index contributed by atoms with van der Waals surface area (Å²) in [4.78, 5) is 7.21. The molecule has 3 nitrogen and oxygen atoms in total. The molecule has 2 fully saturated rings. The van der Waals surface area contributed by atoms with Crippen LogP contribution < -0.4 is 5.32 Å². The molecule has 2 heterocycles. The van der Waals surface area contributed by atoms with Gasteiger partial charge in [0.15, 0.2) is 0 Å². The molecule has 1 aliphatic carbocycles. The van der Waals surface area contributed by atoms with Crippen molar-refractivity contribution >= 4 is 5.82 Å². The van der Waals surface area contributed by atoms with Crippen molar-refractivity contribution in [2.75, 3.05) is 18.4 Å². The highest BCUT2D eigenvalue weighted by molar-refractivity contribution is 5.38. The summed E-state index contributed by atoms with van der Waals surface area (Å²) >= 11 is 0. The van der Waals surface area contributed by atoms with Crippen LogP contribution in [0.5, 0.6) is 0 Å². The van der Waals surface area contributed by atoms with Crippen LogP contribution in [0.3, 0.4) is 0 Å². The zero-order valence-electron chi connectivity index (χ0n) is 11.9. The fourth-order valence-corrected chi connectivity index (χ4v) is 2.96. The molecule has 0 unspecified atom stereocenters. The summed E-state index contributed by atoms with van der Waals surface area (Å²) in [7, 11) is 0. The van der Waals surface area contributed by atoms with Crippen molar-refractivity contribution < 1.29 is 0 Å². The van der Waals surface area contributed by atoms with E-state index in [1.54, 1.807) is 0 Å². The largest absolute Gasteiger partial charge is 0.367 e. The first-order chi connectivity index (χ1) is 9.36. The minimum atomic E-state index is 0.606. The van der Waals surface area contributed by atoms with Crippen LogP contribution in [-0.2, 0) is 0 Å². The molecule has 3 heteroatoms. The lowest BCUT2D eigenvalue weighted by Crippen LogP contribution is -2.24. The maximum atomic E-state index is 4.58. The standard InChI is InChI=1S/C16H25N3/c1-2-3-10-19-11-4-5-15(19)13-6-9-16(17-12-13)18-14-7-8-14/h6,9,12,14-15H,2-5,7-8,10-11H2,1H3,(H,17,18)/t15-/m1/s1. The molecular weight excluding hydrogens is 234 g/mol. The Kier molecular flexibility index (Phi) is 4.02. The zero-order valence-corrected chi connectivity index (χ0v) is 11.9. The van der Waals surface area contributed by atoms with E-state index in [0.717, 1.165) is 5.82 Å².